The van der Waals surface area contributed by atoms with Crippen LogP contribution in [0.15, 0.2) is 17.6 Å². The first kappa shape index (κ1) is 13.9. The van der Waals surface area contributed by atoms with Crippen LogP contribution < -0.4 is 0 Å². The Balaban J connectivity index is 1.96. The van der Waals surface area contributed by atoms with E-state index in [0.717, 1.165) is 43.3 Å². The number of fused-ring (bicyclic) bond motifs is 1. The Morgan fingerprint density at radius 1 is 1.24 bits per heavy atom. The standard InChI is InChI=1S/C14H20N6O/c1-10(2)20-9-17-12-13(15-8-16-14(12)20)18-11(3)19-4-6-21-7-5-19/h8-10H,4-7H2,1-3H3/b18-11-. The van der Waals surface area contributed by atoms with Gasteiger partial charge in [0.25, 0.3) is 0 Å². The number of hydrogen-bond donors (Lipinski definition) is 0. The molecular formula is C14H20N6O. The lowest BCUT2D eigenvalue weighted by atomic mass is 10.4. The zero-order valence-electron chi connectivity index (χ0n) is 12.7. The molecule has 0 amide bonds. The van der Waals surface area contributed by atoms with Gasteiger partial charge in [0.1, 0.15) is 12.2 Å². The van der Waals surface area contributed by atoms with Crippen LogP contribution in [0.4, 0.5) is 5.82 Å². The molecule has 0 unspecified atom stereocenters. The third-order valence-corrected chi connectivity index (χ3v) is 3.63. The zero-order chi connectivity index (χ0) is 14.8. The van der Waals surface area contributed by atoms with Gasteiger partial charge in [-0.15, -0.1) is 0 Å². The van der Waals surface area contributed by atoms with Crippen molar-refractivity contribution in [1.29, 1.82) is 0 Å². The smallest absolute Gasteiger partial charge is 0.185 e. The Hall–Kier alpha value is -2.02. The van der Waals surface area contributed by atoms with Gasteiger partial charge in [-0.3, -0.25) is 0 Å². The van der Waals surface area contributed by atoms with Crippen LogP contribution >= 0.6 is 0 Å². The minimum absolute atomic E-state index is 0.307. The van der Waals surface area contributed by atoms with Gasteiger partial charge in [-0.1, -0.05) is 0 Å². The Bertz CT molecular complexity index is 657. The summed E-state index contributed by atoms with van der Waals surface area (Å²) in [6, 6.07) is 0.307. The van der Waals surface area contributed by atoms with Crippen LogP contribution in [0.5, 0.6) is 0 Å². The maximum Gasteiger partial charge on any atom is 0.185 e. The Morgan fingerprint density at radius 3 is 2.71 bits per heavy atom. The van der Waals surface area contributed by atoms with Crippen molar-refractivity contribution in [2.75, 3.05) is 26.3 Å². The second-order valence-corrected chi connectivity index (χ2v) is 5.37. The predicted octanol–water partition coefficient (Wildman–Crippen LogP) is 1.79. The van der Waals surface area contributed by atoms with Crippen molar-refractivity contribution in [3.8, 4) is 0 Å². The molecule has 112 valence electrons. The molecule has 1 saturated heterocycles. The first-order valence-corrected chi connectivity index (χ1v) is 7.22. The van der Waals surface area contributed by atoms with Gasteiger partial charge in [0, 0.05) is 19.1 Å². The maximum atomic E-state index is 5.36. The number of ether oxygens (including phenoxy) is 1. The normalized spacial score (nSPS) is 17.0. The average molecular weight is 288 g/mol. The van der Waals surface area contributed by atoms with E-state index in [-0.39, 0.29) is 0 Å². The highest BCUT2D eigenvalue weighted by molar-refractivity contribution is 5.88. The lowest BCUT2D eigenvalue weighted by molar-refractivity contribution is 0.0678. The van der Waals surface area contributed by atoms with Crippen LogP contribution in [0.1, 0.15) is 26.8 Å². The molecule has 3 rings (SSSR count). The summed E-state index contributed by atoms with van der Waals surface area (Å²) in [5, 5.41) is 0. The number of rotatable bonds is 2. The van der Waals surface area contributed by atoms with Crippen molar-refractivity contribution in [3.63, 3.8) is 0 Å². The Kier molecular flexibility index (Phi) is 3.83. The molecular weight excluding hydrogens is 268 g/mol. The van der Waals surface area contributed by atoms with Crippen molar-refractivity contribution in [2.45, 2.75) is 26.8 Å². The summed E-state index contributed by atoms with van der Waals surface area (Å²) in [6.45, 7) is 9.42. The molecule has 7 nitrogen and oxygen atoms in total. The molecule has 0 saturated carbocycles. The topological polar surface area (TPSA) is 68.4 Å². The summed E-state index contributed by atoms with van der Waals surface area (Å²) in [6.07, 6.45) is 3.35. The molecule has 0 atom stereocenters. The molecule has 0 spiro atoms. The largest absolute Gasteiger partial charge is 0.378 e. The van der Waals surface area contributed by atoms with E-state index < -0.39 is 0 Å². The van der Waals surface area contributed by atoms with Crippen molar-refractivity contribution in [2.24, 2.45) is 4.99 Å². The lowest BCUT2D eigenvalue weighted by Gasteiger charge is -2.28. The predicted molar refractivity (Wildman–Crippen MR) is 80.9 cm³/mol. The van der Waals surface area contributed by atoms with Crippen LogP contribution in [0.2, 0.25) is 0 Å². The third-order valence-electron chi connectivity index (χ3n) is 3.63. The van der Waals surface area contributed by atoms with E-state index in [1.165, 1.54) is 0 Å². The SMILES string of the molecule is C/C(=N/c1ncnc2c1ncn2C(C)C)N1CCOCC1. The molecule has 2 aromatic rings. The first-order chi connectivity index (χ1) is 10.2. The molecule has 0 radical (unpaired) electrons. The zero-order valence-corrected chi connectivity index (χ0v) is 12.7. The Morgan fingerprint density at radius 2 is 2.00 bits per heavy atom. The summed E-state index contributed by atoms with van der Waals surface area (Å²) < 4.78 is 7.39. The number of hydrogen-bond acceptors (Lipinski definition) is 5. The van der Waals surface area contributed by atoms with Crippen LogP contribution in [0.25, 0.3) is 11.2 Å². The molecule has 0 aliphatic carbocycles. The second-order valence-electron chi connectivity index (χ2n) is 5.37. The van der Waals surface area contributed by atoms with E-state index in [1.807, 2.05) is 11.5 Å². The van der Waals surface area contributed by atoms with E-state index in [1.54, 1.807) is 12.7 Å². The summed E-state index contributed by atoms with van der Waals surface area (Å²) in [7, 11) is 0. The highest BCUT2D eigenvalue weighted by atomic mass is 16.5. The molecule has 0 aromatic carbocycles. The minimum atomic E-state index is 0.307. The number of amidine groups is 1. The molecule has 1 aliphatic rings. The monoisotopic (exact) mass is 288 g/mol. The van der Waals surface area contributed by atoms with Crippen molar-refractivity contribution < 1.29 is 4.74 Å². The minimum Gasteiger partial charge on any atom is -0.378 e. The van der Waals surface area contributed by atoms with Crippen LogP contribution in [0.3, 0.4) is 0 Å². The highest BCUT2D eigenvalue weighted by Gasteiger charge is 2.14. The number of aromatic nitrogens is 4. The first-order valence-electron chi connectivity index (χ1n) is 7.22. The number of morpholine rings is 1. The van der Waals surface area contributed by atoms with Gasteiger partial charge in [-0.25, -0.2) is 19.9 Å². The van der Waals surface area contributed by atoms with Gasteiger partial charge < -0.3 is 14.2 Å². The maximum absolute atomic E-state index is 5.36. The quantitative estimate of drug-likeness (QED) is 0.622. The van der Waals surface area contributed by atoms with Gasteiger partial charge in [0.2, 0.25) is 0 Å². The fraction of sp³-hybridized carbons (Fsp3) is 0.571. The fourth-order valence-electron chi connectivity index (χ4n) is 2.41. The van der Waals surface area contributed by atoms with Crippen molar-refractivity contribution in [3.05, 3.63) is 12.7 Å². The van der Waals surface area contributed by atoms with E-state index >= 15 is 0 Å². The molecule has 2 aromatic heterocycles. The summed E-state index contributed by atoms with van der Waals surface area (Å²) in [5.74, 6) is 1.57. The number of imidazole rings is 1. The summed E-state index contributed by atoms with van der Waals surface area (Å²) >= 11 is 0. The van der Waals surface area contributed by atoms with E-state index in [2.05, 4.69) is 38.7 Å². The van der Waals surface area contributed by atoms with Gasteiger partial charge in [-0.05, 0) is 20.8 Å². The molecule has 0 N–H and O–H groups in total. The van der Waals surface area contributed by atoms with Crippen molar-refractivity contribution in [1.82, 2.24) is 24.4 Å². The fourth-order valence-corrected chi connectivity index (χ4v) is 2.41. The molecule has 21 heavy (non-hydrogen) atoms. The molecule has 7 heteroatoms. The third kappa shape index (κ3) is 2.73. The molecule has 1 aliphatic heterocycles. The van der Waals surface area contributed by atoms with Gasteiger partial charge >= 0.3 is 0 Å². The van der Waals surface area contributed by atoms with Gasteiger partial charge in [-0.2, -0.15) is 0 Å². The second kappa shape index (κ2) is 5.77. The summed E-state index contributed by atoms with van der Waals surface area (Å²) in [4.78, 5) is 19.9. The lowest BCUT2D eigenvalue weighted by Crippen LogP contribution is -2.39. The Labute approximate surface area is 123 Å². The molecule has 0 bridgehead atoms. The molecule has 3 heterocycles. The van der Waals surface area contributed by atoms with Crippen LogP contribution in [-0.4, -0.2) is 56.6 Å². The van der Waals surface area contributed by atoms with Crippen LogP contribution in [0, 0.1) is 0 Å². The van der Waals surface area contributed by atoms with Crippen LogP contribution in [-0.2, 0) is 4.74 Å². The van der Waals surface area contributed by atoms with Crippen molar-refractivity contribution >= 4 is 22.8 Å². The highest BCUT2D eigenvalue weighted by Crippen LogP contribution is 2.22. The summed E-state index contributed by atoms with van der Waals surface area (Å²) in [5.41, 5.74) is 1.58. The van der Waals surface area contributed by atoms with E-state index in [0.29, 0.717) is 11.9 Å². The van der Waals surface area contributed by atoms with E-state index in [9.17, 15) is 0 Å². The molecule has 1 fully saturated rings. The number of nitrogens with zero attached hydrogens (tertiary/aromatic N) is 6. The van der Waals surface area contributed by atoms with Gasteiger partial charge in [0.05, 0.1) is 19.5 Å². The average Bonchev–Trinajstić information content (AvgIpc) is 2.93. The van der Waals surface area contributed by atoms with E-state index in [4.69, 9.17) is 4.74 Å². The number of aliphatic imine (C=N–C) groups is 1. The van der Waals surface area contributed by atoms with Gasteiger partial charge in [0.15, 0.2) is 17.0 Å².